The predicted octanol–water partition coefficient (Wildman–Crippen LogP) is 2.70. The Balaban J connectivity index is 2.36. The molecule has 0 aliphatic carbocycles. The van der Waals surface area contributed by atoms with Crippen molar-refractivity contribution in [3.05, 3.63) is 59.2 Å². The summed E-state index contributed by atoms with van der Waals surface area (Å²) in [5.74, 6) is -1.15. The molecule has 1 N–H and O–H groups in total. The van der Waals surface area contributed by atoms with Crippen LogP contribution in [0.3, 0.4) is 0 Å². The first kappa shape index (κ1) is 12.6. The summed E-state index contributed by atoms with van der Waals surface area (Å²) in [6.45, 7) is 0. The molecule has 0 aromatic heterocycles. The molecular formula is C15H10O4S. The number of fused-ring (bicyclic) bond motifs is 2. The molecule has 0 spiro atoms. The lowest BCUT2D eigenvalue weighted by atomic mass is 10.1. The predicted molar refractivity (Wildman–Crippen MR) is 74.2 cm³/mol. The number of carboxylic acids is 1. The van der Waals surface area contributed by atoms with Crippen LogP contribution in [0.1, 0.15) is 21.5 Å². The Morgan fingerprint density at radius 1 is 0.900 bits per heavy atom. The molecule has 100 valence electrons. The molecule has 1 heterocycles. The molecular weight excluding hydrogens is 276 g/mol. The lowest BCUT2D eigenvalue weighted by Gasteiger charge is -2.08. The van der Waals surface area contributed by atoms with Gasteiger partial charge in [-0.1, -0.05) is 36.4 Å². The van der Waals surface area contributed by atoms with E-state index in [9.17, 15) is 13.2 Å². The first-order chi connectivity index (χ1) is 9.50. The van der Waals surface area contributed by atoms with Gasteiger partial charge in [-0.3, -0.25) is 0 Å². The van der Waals surface area contributed by atoms with Gasteiger partial charge in [-0.2, -0.15) is 0 Å². The van der Waals surface area contributed by atoms with E-state index in [-0.39, 0.29) is 15.4 Å². The van der Waals surface area contributed by atoms with E-state index >= 15 is 0 Å². The quantitative estimate of drug-likeness (QED) is 0.746. The van der Waals surface area contributed by atoms with Gasteiger partial charge in [-0.25, -0.2) is 13.2 Å². The normalized spacial score (nSPS) is 15.0. The Labute approximate surface area is 115 Å². The highest BCUT2D eigenvalue weighted by atomic mass is 32.2. The van der Waals surface area contributed by atoms with Crippen LogP contribution in [0.4, 0.5) is 0 Å². The average Bonchev–Trinajstić information content (AvgIpc) is 2.55. The fourth-order valence-corrected chi connectivity index (χ4v) is 3.87. The molecule has 1 aliphatic rings. The monoisotopic (exact) mass is 286 g/mol. The lowest BCUT2D eigenvalue weighted by Crippen LogP contribution is -2.06. The van der Waals surface area contributed by atoms with Crippen molar-refractivity contribution in [3.63, 3.8) is 0 Å². The van der Waals surface area contributed by atoms with Gasteiger partial charge in [-0.15, -0.1) is 0 Å². The van der Waals surface area contributed by atoms with Crippen molar-refractivity contribution in [1.29, 1.82) is 0 Å². The number of hydrogen-bond donors (Lipinski definition) is 1. The van der Waals surface area contributed by atoms with Crippen molar-refractivity contribution >= 4 is 28.0 Å². The van der Waals surface area contributed by atoms with Gasteiger partial charge in [0.25, 0.3) is 0 Å². The first-order valence-electron chi connectivity index (χ1n) is 5.90. The third kappa shape index (κ3) is 1.83. The zero-order chi connectivity index (χ0) is 14.3. The molecule has 1 aliphatic heterocycles. The Kier molecular flexibility index (Phi) is 2.72. The van der Waals surface area contributed by atoms with Crippen molar-refractivity contribution in [2.75, 3.05) is 0 Å². The van der Waals surface area contributed by atoms with Crippen molar-refractivity contribution < 1.29 is 18.3 Å². The second-order valence-corrected chi connectivity index (χ2v) is 6.32. The summed E-state index contributed by atoms with van der Waals surface area (Å²) in [7, 11) is -3.72. The highest BCUT2D eigenvalue weighted by molar-refractivity contribution is 7.91. The van der Waals surface area contributed by atoms with Crippen molar-refractivity contribution in [3.8, 4) is 0 Å². The molecule has 0 amide bonds. The van der Waals surface area contributed by atoms with Gasteiger partial charge in [0.2, 0.25) is 9.84 Å². The standard InChI is InChI=1S/C15H10O4S/c16-15(17)12-8-7-11-6-5-10-3-1-2-4-13(10)20(18,19)14(11)9-12/h1-9H,(H,16,17). The number of rotatable bonds is 1. The maximum absolute atomic E-state index is 12.7. The van der Waals surface area contributed by atoms with Gasteiger partial charge in [0, 0.05) is 0 Å². The van der Waals surface area contributed by atoms with Crippen molar-refractivity contribution in [2.24, 2.45) is 0 Å². The summed E-state index contributed by atoms with van der Waals surface area (Å²) in [6.07, 6.45) is 3.41. The van der Waals surface area contributed by atoms with Crippen LogP contribution in [0.2, 0.25) is 0 Å². The summed E-state index contributed by atoms with van der Waals surface area (Å²) >= 11 is 0. The molecule has 0 radical (unpaired) electrons. The highest BCUT2D eigenvalue weighted by Crippen LogP contribution is 2.32. The largest absolute Gasteiger partial charge is 0.478 e. The van der Waals surface area contributed by atoms with Gasteiger partial charge < -0.3 is 5.11 Å². The fraction of sp³-hybridized carbons (Fsp3) is 0. The molecule has 0 unspecified atom stereocenters. The van der Waals surface area contributed by atoms with Gasteiger partial charge in [0.15, 0.2) is 0 Å². The van der Waals surface area contributed by atoms with Crippen LogP contribution in [0.5, 0.6) is 0 Å². The number of sulfone groups is 1. The van der Waals surface area contributed by atoms with Crippen LogP contribution >= 0.6 is 0 Å². The second kappa shape index (κ2) is 4.31. The van der Waals surface area contributed by atoms with Crippen molar-refractivity contribution in [1.82, 2.24) is 0 Å². The summed E-state index contributed by atoms with van der Waals surface area (Å²) in [5.41, 5.74) is 1.05. The number of carbonyl (C=O) groups is 1. The second-order valence-electron chi connectivity index (χ2n) is 4.43. The van der Waals surface area contributed by atoms with E-state index in [0.717, 1.165) is 0 Å². The van der Waals surface area contributed by atoms with Crippen molar-refractivity contribution in [2.45, 2.75) is 9.79 Å². The minimum Gasteiger partial charge on any atom is -0.478 e. The molecule has 3 rings (SSSR count). The first-order valence-corrected chi connectivity index (χ1v) is 7.38. The zero-order valence-corrected chi connectivity index (χ0v) is 11.1. The zero-order valence-electron chi connectivity index (χ0n) is 10.3. The molecule has 0 atom stereocenters. The Morgan fingerprint density at radius 3 is 2.25 bits per heavy atom. The summed E-state index contributed by atoms with van der Waals surface area (Å²) in [6, 6.07) is 10.8. The van der Waals surface area contributed by atoms with Crippen LogP contribution in [-0.4, -0.2) is 19.5 Å². The Hall–Kier alpha value is -2.40. The molecule has 20 heavy (non-hydrogen) atoms. The molecule has 0 fully saturated rings. The summed E-state index contributed by atoms with van der Waals surface area (Å²) in [4.78, 5) is 11.2. The van der Waals surface area contributed by atoms with E-state index in [4.69, 9.17) is 5.11 Å². The Bertz CT molecular complexity index is 848. The molecule has 0 saturated heterocycles. The highest BCUT2D eigenvalue weighted by Gasteiger charge is 2.25. The number of benzene rings is 2. The minimum absolute atomic E-state index is 0.0265. The average molecular weight is 286 g/mol. The SMILES string of the molecule is O=C(O)c1ccc2c(c1)S(=O)(=O)c1ccccc1C=C2. The summed E-state index contributed by atoms with van der Waals surface area (Å²) in [5, 5.41) is 9.01. The molecule has 2 aromatic rings. The maximum atomic E-state index is 12.7. The van der Waals surface area contributed by atoms with Crippen LogP contribution in [0.15, 0.2) is 52.3 Å². The summed E-state index contributed by atoms with van der Waals surface area (Å²) < 4.78 is 25.3. The van der Waals surface area contributed by atoms with Crippen LogP contribution < -0.4 is 0 Å². The Morgan fingerprint density at radius 2 is 1.55 bits per heavy atom. The van der Waals surface area contributed by atoms with Crippen LogP contribution in [-0.2, 0) is 9.84 Å². The topological polar surface area (TPSA) is 71.4 Å². The number of aromatic carboxylic acids is 1. The molecule has 0 bridgehead atoms. The third-order valence-corrected chi connectivity index (χ3v) is 5.08. The van der Waals surface area contributed by atoms with Crippen LogP contribution in [0.25, 0.3) is 12.2 Å². The van der Waals surface area contributed by atoms with E-state index < -0.39 is 15.8 Å². The van der Waals surface area contributed by atoms with Gasteiger partial charge in [0.05, 0.1) is 15.4 Å². The van der Waals surface area contributed by atoms with Gasteiger partial charge >= 0.3 is 5.97 Å². The van der Waals surface area contributed by atoms with Gasteiger partial charge in [-0.05, 0) is 29.3 Å². The van der Waals surface area contributed by atoms with E-state index in [0.29, 0.717) is 11.1 Å². The smallest absolute Gasteiger partial charge is 0.335 e. The van der Waals surface area contributed by atoms with E-state index in [1.54, 1.807) is 30.4 Å². The fourth-order valence-electron chi connectivity index (χ4n) is 2.20. The number of hydrogen-bond acceptors (Lipinski definition) is 3. The maximum Gasteiger partial charge on any atom is 0.335 e. The lowest BCUT2D eigenvalue weighted by molar-refractivity contribution is 0.0696. The molecule has 0 saturated carbocycles. The molecule has 5 heteroatoms. The van der Waals surface area contributed by atoms with E-state index in [1.165, 1.54) is 24.3 Å². The molecule has 2 aromatic carbocycles. The molecule has 4 nitrogen and oxygen atoms in total. The van der Waals surface area contributed by atoms with Gasteiger partial charge in [0.1, 0.15) is 0 Å². The minimum atomic E-state index is -3.72. The van der Waals surface area contributed by atoms with E-state index in [2.05, 4.69) is 0 Å². The van der Waals surface area contributed by atoms with Crippen LogP contribution in [0, 0.1) is 0 Å². The van der Waals surface area contributed by atoms with E-state index in [1.807, 2.05) is 0 Å². The number of carboxylic acid groups (broad SMARTS) is 1. The third-order valence-electron chi connectivity index (χ3n) is 3.20.